The predicted octanol–water partition coefficient (Wildman–Crippen LogP) is 33.4. The fraction of sp³-hybridized carbons (Fsp3) is 0.0526. The molecule has 22 aromatic rings. The molecule has 0 N–H and O–H groups in total. The summed E-state index contributed by atoms with van der Waals surface area (Å²) in [5.74, 6) is 1.65. The molecule has 4 unspecified atom stereocenters. The van der Waals surface area contributed by atoms with Crippen LogP contribution in [0.15, 0.2) is 386 Å². The van der Waals surface area contributed by atoms with E-state index in [1.165, 1.54) is 225 Å². The average molecular weight is 1550 g/mol. The van der Waals surface area contributed by atoms with Crippen molar-refractivity contribution in [1.29, 1.82) is 0 Å². The molecule has 0 saturated heterocycles. The summed E-state index contributed by atoms with van der Waals surface area (Å²) in [6.45, 7) is 0. The van der Waals surface area contributed by atoms with Gasteiger partial charge < -0.3 is 4.42 Å². The summed E-state index contributed by atoms with van der Waals surface area (Å²) in [5, 5.41) is 24.5. The first-order valence-electron chi connectivity index (χ1n) is 41.3. The summed E-state index contributed by atoms with van der Waals surface area (Å²) in [6, 6.07) is 124. The van der Waals surface area contributed by atoms with Gasteiger partial charge in [-0.15, -0.1) is 34.0 Å². The molecule has 118 heavy (non-hydrogen) atoms. The van der Waals surface area contributed by atoms with Crippen LogP contribution in [-0.4, -0.2) is 0 Å². The minimum absolute atomic E-state index is 0.0481. The van der Waals surface area contributed by atoms with E-state index in [-0.39, 0.29) is 23.7 Å². The quantitative estimate of drug-likeness (QED) is 0.138. The van der Waals surface area contributed by atoms with Crippen molar-refractivity contribution in [3.05, 3.63) is 415 Å². The molecule has 0 amide bonds. The van der Waals surface area contributed by atoms with Gasteiger partial charge in [0.2, 0.25) is 0 Å². The van der Waals surface area contributed by atoms with Crippen LogP contribution >= 0.6 is 34.0 Å². The van der Waals surface area contributed by atoms with Crippen LogP contribution < -0.4 is 0 Å². The van der Waals surface area contributed by atoms with Gasteiger partial charge in [-0.05, 0) is 215 Å². The Kier molecular flexibility index (Phi) is 14.7. The van der Waals surface area contributed by atoms with Crippen molar-refractivity contribution in [2.75, 3.05) is 0 Å². The van der Waals surface area contributed by atoms with Crippen LogP contribution in [0, 0.1) is 0 Å². The zero-order chi connectivity index (χ0) is 77.0. The van der Waals surface area contributed by atoms with Gasteiger partial charge in [-0.1, -0.05) is 334 Å². The van der Waals surface area contributed by atoms with E-state index in [9.17, 15) is 0 Å². The number of benzene rings is 18. The van der Waals surface area contributed by atoms with E-state index in [2.05, 4.69) is 376 Å². The zero-order valence-corrected chi connectivity index (χ0v) is 66.6. The molecule has 4 heterocycles. The molecular weight excluding hydrogens is 1480 g/mol. The number of fused-ring (bicyclic) bond motifs is 30. The van der Waals surface area contributed by atoms with Gasteiger partial charge in [0, 0.05) is 101 Å². The summed E-state index contributed by atoms with van der Waals surface area (Å²) in [6.07, 6.45) is 20.9. The first-order valence-corrected chi connectivity index (χ1v) is 43.8. The smallest absolute Gasteiger partial charge is 0.142 e. The molecule has 0 radical (unpaired) electrons. The van der Waals surface area contributed by atoms with E-state index in [0.717, 1.165) is 35.1 Å². The molecule has 26 rings (SSSR count). The Morgan fingerprint density at radius 2 is 0.754 bits per heavy atom. The molecule has 4 aliphatic carbocycles. The lowest BCUT2D eigenvalue weighted by molar-refractivity contribution is 0.517. The lowest BCUT2D eigenvalue weighted by Gasteiger charge is -2.39. The molecule has 0 saturated carbocycles. The summed E-state index contributed by atoms with van der Waals surface area (Å²) >= 11 is 5.77. The van der Waals surface area contributed by atoms with Crippen LogP contribution in [0.3, 0.4) is 0 Å². The summed E-state index contributed by atoms with van der Waals surface area (Å²) in [5.41, 5.74) is 25.3. The van der Waals surface area contributed by atoms with Crippen molar-refractivity contribution in [3.63, 3.8) is 0 Å². The third-order valence-corrected chi connectivity index (χ3v) is 30.5. The predicted molar refractivity (Wildman–Crippen MR) is 508 cm³/mol. The second-order valence-electron chi connectivity index (χ2n) is 32.9. The fourth-order valence-electron chi connectivity index (χ4n) is 21.4. The van der Waals surface area contributed by atoms with E-state index in [4.69, 9.17) is 4.42 Å². The van der Waals surface area contributed by atoms with Crippen molar-refractivity contribution in [2.45, 2.75) is 36.5 Å². The highest BCUT2D eigenvalue weighted by Gasteiger charge is 2.38. The summed E-state index contributed by atoms with van der Waals surface area (Å²) < 4.78 is 15.4. The third-order valence-electron chi connectivity index (χ3n) is 26.8. The highest BCUT2D eigenvalue weighted by atomic mass is 32.1. The summed E-state index contributed by atoms with van der Waals surface area (Å²) in [7, 11) is 0. The topological polar surface area (TPSA) is 13.1 Å². The van der Waals surface area contributed by atoms with Gasteiger partial charge >= 0.3 is 0 Å². The number of furan rings is 1. The highest BCUT2D eigenvalue weighted by molar-refractivity contribution is 7.27. The number of rotatable bonds is 8. The van der Waals surface area contributed by atoms with Crippen LogP contribution in [0.5, 0.6) is 0 Å². The van der Waals surface area contributed by atoms with E-state index in [1.54, 1.807) is 0 Å². The van der Waals surface area contributed by atoms with Crippen molar-refractivity contribution in [3.8, 4) is 66.8 Å². The van der Waals surface area contributed by atoms with Crippen LogP contribution in [0.2, 0.25) is 0 Å². The van der Waals surface area contributed by atoms with Gasteiger partial charge in [0.1, 0.15) is 11.3 Å². The number of hydrogen-bond donors (Lipinski definition) is 0. The van der Waals surface area contributed by atoms with E-state index in [0.29, 0.717) is 0 Å². The molecule has 4 aliphatic rings. The molecule has 4 aromatic heterocycles. The Labute approximate surface area is 693 Å². The van der Waals surface area contributed by atoms with E-state index < -0.39 is 0 Å². The lowest BCUT2D eigenvalue weighted by atomic mass is 9.64. The number of thiophene rings is 3. The normalized spacial score (nSPS) is 16.4. The number of hydrogen-bond acceptors (Lipinski definition) is 4. The number of allylic oxidation sites excluding steroid dienone is 9. The highest BCUT2D eigenvalue weighted by Crippen LogP contribution is 2.58. The zero-order valence-electron chi connectivity index (χ0n) is 64.2. The minimum Gasteiger partial charge on any atom is -0.459 e. The first-order chi connectivity index (χ1) is 58.5. The van der Waals surface area contributed by atoms with Gasteiger partial charge in [0.15, 0.2) is 0 Å². The first kappa shape index (κ1) is 66.7. The third kappa shape index (κ3) is 10.0. The Hall–Kier alpha value is -13.6. The summed E-state index contributed by atoms with van der Waals surface area (Å²) in [4.78, 5) is 0. The molecule has 550 valence electrons. The SMILES string of the molecule is C1=CC(c2cccc3c2sc2c(-c4ccc5c6ccccc6c6ccccc6c5c4)cccc23)CC(C2=CC=CC3c4ccccc4-c4cc(-c5cccc6c7c(oc56)C(c5cccc(-c6ccc8sc9c(-c%10ccc%11c%12ccc(-c%13cccc%14c%13sc%13ccccc%13%14)cc%12c%12ccccc%12c%11c%10)cccc9c8c6)c5)CC=C7)ccc4C23)=C1. The second-order valence-corrected chi connectivity index (χ2v) is 36.0. The van der Waals surface area contributed by atoms with Crippen molar-refractivity contribution in [1.82, 2.24) is 0 Å². The molecule has 4 atom stereocenters. The molecule has 4 heteroatoms. The molecule has 18 aromatic carbocycles. The van der Waals surface area contributed by atoms with E-state index >= 15 is 0 Å². The molecular formula is C114H70OS3. The Morgan fingerprint density at radius 1 is 0.288 bits per heavy atom. The standard InChI is InChI=1S/C114H70OS3/c1-2-26-83-81(24-1)82-25-3-5-28-85(82)101-64-73(48-53-89(83)101)80-39-18-45-99-98-44-17-36-77(113(98)118-114(80)99)69-23-12-21-67(59-69)74-33-13-40-93-84-27-4-6-29-86(84)104-61-70(51-56-94(104)108(74)93)76-35-15-42-96-95-41-14-34-75(109(95)115-110(76)96)68-22-11-20-65(58-68)66-52-57-107-105(60-66)100-46-19-38-79(112(100)117-107)72-50-55-91-90-54-49-71(62-102(90)87-30-7-8-31-88(87)103(91)63-72)78-37-16-43-97-92-32-9-10-47-106(92)116-111(78)97/h1-33,35-58,60-64,69,75,93,108H,34,59H2. The van der Waals surface area contributed by atoms with Gasteiger partial charge in [0.25, 0.3) is 0 Å². The maximum Gasteiger partial charge on any atom is 0.142 e. The van der Waals surface area contributed by atoms with Gasteiger partial charge in [-0.3, -0.25) is 0 Å². The van der Waals surface area contributed by atoms with E-state index in [1.807, 2.05) is 34.0 Å². The van der Waals surface area contributed by atoms with Crippen molar-refractivity contribution < 1.29 is 4.42 Å². The van der Waals surface area contributed by atoms with Crippen LogP contribution in [-0.2, 0) is 0 Å². The number of para-hydroxylation sites is 1. The van der Waals surface area contributed by atoms with Gasteiger partial charge in [0.05, 0.1) is 0 Å². The minimum atomic E-state index is 0.0481. The maximum atomic E-state index is 7.40. The fourth-order valence-corrected chi connectivity index (χ4v) is 25.3. The molecule has 0 fully saturated rings. The molecule has 0 bridgehead atoms. The van der Waals surface area contributed by atoms with Crippen LogP contribution in [0.4, 0.5) is 0 Å². The maximum absolute atomic E-state index is 7.40. The second kappa shape index (κ2) is 26.0. The largest absolute Gasteiger partial charge is 0.459 e. The Bertz CT molecular complexity index is 8300. The average Bonchev–Trinajstić information content (AvgIpc) is 1.56. The Morgan fingerprint density at radius 3 is 1.42 bits per heavy atom. The van der Waals surface area contributed by atoms with Crippen LogP contribution in [0.25, 0.3) is 209 Å². The molecule has 1 nitrogen and oxygen atoms in total. The lowest BCUT2D eigenvalue weighted by Crippen LogP contribution is -2.22. The Balaban J connectivity index is 0.501. The van der Waals surface area contributed by atoms with Crippen molar-refractivity contribution >= 4 is 176 Å². The monoisotopic (exact) mass is 1550 g/mol. The van der Waals surface area contributed by atoms with Crippen molar-refractivity contribution in [2.24, 2.45) is 0 Å². The molecule has 0 aliphatic heterocycles. The van der Waals surface area contributed by atoms with Gasteiger partial charge in [-0.25, -0.2) is 0 Å². The van der Waals surface area contributed by atoms with Crippen LogP contribution in [0.1, 0.15) is 70.1 Å². The molecule has 0 spiro atoms. The van der Waals surface area contributed by atoms with Gasteiger partial charge in [-0.2, -0.15) is 0 Å².